The molecule has 0 aliphatic rings. The van der Waals surface area contributed by atoms with Crippen LogP contribution in [0.1, 0.15) is 19.4 Å². The second kappa shape index (κ2) is 9.15. The van der Waals surface area contributed by atoms with Crippen molar-refractivity contribution in [1.82, 2.24) is 4.90 Å². The zero-order chi connectivity index (χ0) is 19.4. The average Bonchev–Trinajstić information content (AvgIpc) is 2.67. The smallest absolute Gasteiger partial charge is 0.198 e. The van der Waals surface area contributed by atoms with Gasteiger partial charge in [0.25, 0.3) is 0 Å². The maximum atomic E-state index is 13.3. The predicted octanol–water partition coefficient (Wildman–Crippen LogP) is 4.43. The van der Waals surface area contributed by atoms with Crippen molar-refractivity contribution in [1.29, 1.82) is 0 Å². The molecule has 0 amide bonds. The summed E-state index contributed by atoms with van der Waals surface area (Å²) in [5, 5.41) is 5.05. The fraction of sp³-hybridized carbons (Fsp3) is 0.381. The van der Waals surface area contributed by atoms with Crippen molar-refractivity contribution in [3.8, 4) is 0 Å². The number of benzene rings is 2. The van der Waals surface area contributed by atoms with E-state index < -0.39 is 0 Å². The molecule has 0 saturated carbocycles. The van der Waals surface area contributed by atoms with Gasteiger partial charge in [0.2, 0.25) is 0 Å². The Balaban J connectivity index is 2.11. The standard InChI is InChI=1S/C21H26BrN3OS/c1-3-25(4-2)12-11-24-17-7-5-14(9-10-23)21-19(17)20(26)16-13-15(22)6-8-18(16)27-21/h5-8,13,24H,3-4,9-12,23H2,1-2H3. The minimum Gasteiger partial charge on any atom is -0.383 e. The molecule has 0 atom stereocenters. The third-order valence-corrected chi connectivity index (χ3v) is 6.66. The van der Waals surface area contributed by atoms with E-state index in [4.69, 9.17) is 5.73 Å². The Bertz CT molecular complexity index is 998. The van der Waals surface area contributed by atoms with Gasteiger partial charge in [0, 0.05) is 38.0 Å². The molecule has 0 radical (unpaired) electrons. The molecule has 6 heteroatoms. The van der Waals surface area contributed by atoms with Gasteiger partial charge in [0.1, 0.15) is 0 Å². The van der Waals surface area contributed by atoms with Crippen LogP contribution in [0.2, 0.25) is 0 Å². The van der Waals surface area contributed by atoms with Crippen LogP contribution < -0.4 is 16.5 Å². The van der Waals surface area contributed by atoms with E-state index in [-0.39, 0.29) is 5.43 Å². The average molecular weight is 448 g/mol. The first-order valence-corrected chi connectivity index (χ1v) is 11.0. The van der Waals surface area contributed by atoms with E-state index in [1.54, 1.807) is 11.3 Å². The molecular weight excluding hydrogens is 422 g/mol. The fourth-order valence-electron chi connectivity index (χ4n) is 3.37. The minimum absolute atomic E-state index is 0.0873. The summed E-state index contributed by atoms with van der Waals surface area (Å²) in [7, 11) is 0. The normalized spacial score (nSPS) is 11.6. The van der Waals surface area contributed by atoms with Gasteiger partial charge in [-0.1, -0.05) is 35.8 Å². The van der Waals surface area contributed by atoms with Crippen molar-refractivity contribution < 1.29 is 0 Å². The highest BCUT2D eigenvalue weighted by Crippen LogP contribution is 2.33. The largest absolute Gasteiger partial charge is 0.383 e. The lowest BCUT2D eigenvalue weighted by Crippen LogP contribution is -2.28. The summed E-state index contributed by atoms with van der Waals surface area (Å²) in [5.74, 6) is 0. The summed E-state index contributed by atoms with van der Waals surface area (Å²) in [6.07, 6.45) is 0.772. The Hall–Kier alpha value is -1.47. The first kappa shape index (κ1) is 20.3. The summed E-state index contributed by atoms with van der Waals surface area (Å²) < 4.78 is 2.98. The van der Waals surface area contributed by atoms with E-state index in [1.807, 2.05) is 24.3 Å². The summed E-state index contributed by atoms with van der Waals surface area (Å²) >= 11 is 5.17. The zero-order valence-corrected chi connectivity index (χ0v) is 18.3. The molecule has 144 valence electrons. The Morgan fingerprint density at radius 3 is 2.67 bits per heavy atom. The number of likely N-dealkylation sites (N-methyl/N-ethyl adjacent to an activating group) is 1. The van der Waals surface area contributed by atoms with Gasteiger partial charge < -0.3 is 16.0 Å². The lowest BCUT2D eigenvalue weighted by Gasteiger charge is -2.19. The van der Waals surface area contributed by atoms with E-state index >= 15 is 0 Å². The Morgan fingerprint density at radius 2 is 1.96 bits per heavy atom. The van der Waals surface area contributed by atoms with Crippen LogP contribution >= 0.6 is 27.3 Å². The number of nitrogens with two attached hydrogens (primary N) is 1. The number of nitrogens with zero attached hydrogens (tertiary/aromatic N) is 1. The van der Waals surface area contributed by atoms with Gasteiger partial charge in [-0.3, -0.25) is 4.79 Å². The number of rotatable bonds is 8. The van der Waals surface area contributed by atoms with Crippen LogP contribution in [-0.2, 0) is 6.42 Å². The molecule has 4 nitrogen and oxygen atoms in total. The van der Waals surface area contributed by atoms with Crippen LogP contribution in [0.3, 0.4) is 0 Å². The monoisotopic (exact) mass is 447 g/mol. The number of halogens is 1. The number of hydrogen-bond acceptors (Lipinski definition) is 5. The van der Waals surface area contributed by atoms with Gasteiger partial charge in [-0.15, -0.1) is 11.3 Å². The van der Waals surface area contributed by atoms with E-state index in [9.17, 15) is 4.79 Å². The number of anilines is 1. The Morgan fingerprint density at radius 1 is 1.19 bits per heavy atom. The van der Waals surface area contributed by atoms with Crippen LogP contribution in [0.25, 0.3) is 20.2 Å². The van der Waals surface area contributed by atoms with Gasteiger partial charge >= 0.3 is 0 Å². The molecule has 27 heavy (non-hydrogen) atoms. The van der Waals surface area contributed by atoms with Crippen LogP contribution in [-0.4, -0.2) is 37.6 Å². The summed E-state index contributed by atoms with van der Waals surface area (Å²) in [5.41, 5.74) is 7.96. The minimum atomic E-state index is 0.0873. The Labute approximate surface area is 172 Å². The maximum Gasteiger partial charge on any atom is 0.198 e. The van der Waals surface area contributed by atoms with Crippen LogP contribution in [0.4, 0.5) is 5.69 Å². The molecule has 0 aliphatic carbocycles. The molecule has 0 saturated heterocycles. The highest BCUT2D eigenvalue weighted by atomic mass is 79.9. The van der Waals surface area contributed by atoms with Crippen LogP contribution in [0, 0.1) is 0 Å². The SMILES string of the molecule is CCN(CC)CCNc1ccc(CCN)c2sc3ccc(Br)cc3c(=O)c12. The summed E-state index contributed by atoms with van der Waals surface area (Å²) in [6.45, 7) is 8.74. The Kier molecular flexibility index (Phi) is 6.87. The maximum absolute atomic E-state index is 13.3. The lowest BCUT2D eigenvalue weighted by atomic mass is 10.1. The first-order valence-electron chi connectivity index (χ1n) is 9.43. The molecule has 3 N–H and O–H groups in total. The van der Waals surface area contributed by atoms with E-state index in [0.29, 0.717) is 6.54 Å². The third-order valence-electron chi connectivity index (χ3n) is 4.92. The topological polar surface area (TPSA) is 58.4 Å². The third kappa shape index (κ3) is 4.35. The van der Waals surface area contributed by atoms with Crippen molar-refractivity contribution in [2.24, 2.45) is 5.73 Å². The van der Waals surface area contributed by atoms with E-state index in [0.717, 1.165) is 68.5 Å². The fourth-order valence-corrected chi connectivity index (χ4v) is 4.95. The number of hydrogen-bond donors (Lipinski definition) is 2. The predicted molar refractivity (Wildman–Crippen MR) is 122 cm³/mol. The van der Waals surface area contributed by atoms with Crippen molar-refractivity contribution in [2.75, 3.05) is 38.0 Å². The molecule has 1 aromatic heterocycles. The number of nitrogens with one attached hydrogen (secondary N) is 1. The quantitative estimate of drug-likeness (QED) is 0.501. The highest BCUT2D eigenvalue weighted by molar-refractivity contribution is 9.10. The van der Waals surface area contributed by atoms with E-state index in [1.165, 1.54) is 0 Å². The first-order chi connectivity index (χ1) is 13.1. The molecule has 3 rings (SSSR count). The van der Waals surface area contributed by atoms with Crippen molar-refractivity contribution in [3.05, 3.63) is 50.6 Å². The molecule has 1 heterocycles. The van der Waals surface area contributed by atoms with Gasteiger partial charge in [-0.25, -0.2) is 0 Å². The molecule has 0 unspecified atom stereocenters. The molecule has 2 aromatic carbocycles. The second-order valence-corrected chi connectivity index (χ2v) is 8.51. The van der Waals surface area contributed by atoms with E-state index in [2.05, 4.69) is 46.1 Å². The van der Waals surface area contributed by atoms with Gasteiger partial charge in [-0.2, -0.15) is 0 Å². The van der Waals surface area contributed by atoms with Gasteiger partial charge in [0.15, 0.2) is 5.43 Å². The van der Waals surface area contributed by atoms with Gasteiger partial charge in [-0.05, 0) is 55.9 Å². The molecule has 0 aliphatic heterocycles. The second-order valence-electron chi connectivity index (χ2n) is 6.54. The van der Waals surface area contributed by atoms with Gasteiger partial charge in [0.05, 0.1) is 5.39 Å². The van der Waals surface area contributed by atoms with Crippen molar-refractivity contribution in [2.45, 2.75) is 20.3 Å². The molecule has 0 fully saturated rings. The summed E-state index contributed by atoms with van der Waals surface area (Å²) in [6, 6.07) is 10.1. The molecular formula is C21H26BrN3OS. The van der Waals surface area contributed by atoms with Crippen LogP contribution in [0.5, 0.6) is 0 Å². The van der Waals surface area contributed by atoms with Crippen LogP contribution in [0.15, 0.2) is 39.6 Å². The number of fused-ring (bicyclic) bond motifs is 2. The molecule has 3 aromatic rings. The summed E-state index contributed by atoms with van der Waals surface area (Å²) in [4.78, 5) is 15.7. The van der Waals surface area contributed by atoms with Crippen molar-refractivity contribution >= 4 is 53.1 Å². The lowest BCUT2D eigenvalue weighted by molar-refractivity contribution is 0.316. The molecule has 0 spiro atoms. The highest BCUT2D eigenvalue weighted by Gasteiger charge is 2.14. The van der Waals surface area contributed by atoms with Crippen molar-refractivity contribution in [3.63, 3.8) is 0 Å². The molecule has 0 bridgehead atoms. The zero-order valence-electron chi connectivity index (χ0n) is 15.8.